The molecule has 0 fully saturated rings. The molecule has 0 aliphatic rings. The minimum absolute atomic E-state index is 0.130. The number of hydrogen-bond acceptors (Lipinski definition) is 4. The molecule has 1 aromatic heterocycles. The lowest BCUT2D eigenvalue weighted by Gasteiger charge is -2.05. The highest BCUT2D eigenvalue weighted by Crippen LogP contribution is 2.25. The molecule has 8 heteroatoms. The number of halogens is 3. The zero-order valence-corrected chi connectivity index (χ0v) is 12.3. The summed E-state index contributed by atoms with van der Waals surface area (Å²) in [6.07, 6.45) is 1.06. The van der Waals surface area contributed by atoms with Gasteiger partial charge in [0.15, 0.2) is 0 Å². The molecule has 0 N–H and O–H groups in total. The van der Waals surface area contributed by atoms with Gasteiger partial charge in [0.1, 0.15) is 16.5 Å². The van der Waals surface area contributed by atoms with Crippen molar-refractivity contribution in [3.8, 4) is 11.6 Å². The fourth-order valence-electron chi connectivity index (χ4n) is 1.23. The predicted octanol–water partition coefficient (Wildman–Crippen LogP) is 3.70. The Kier molecular flexibility index (Phi) is 4.07. The minimum Gasteiger partial charge on any atom is -0.439 e. The maximum atomic E-state index is 13.3. The molecule has 0 aliphatic carbocycles. The Morgan fingerprint density at radius 2 is 2.00 bits per heavy atom. The molecule has 0 aliphatic heterocycles. The van der Waals surface area contributed by atoms with E-state index < -0.39 is 14.9 Å². The van der Waals surface area contributed by atoms with Gasteiger partial charge < -0.3 is 4.74 Å². The van der Waals surface area contributed by atoms with Gasteiger partial charge in [0.05, 0.1) is 10.7 Å². The first-order chi connectivity index (χ1) is 8.86. The number of aromatic nitrogens is 1. The smallest absolute Gasteiger partial charge is 0.262 e. The highest BCUT2D eigenvalue weighted by molar-refractivity contribution is 9.10. The molecule has 0 unspecified atom stereocenters. The summed E-state index contributed by atoms with van der Waals surface area (Å²) < 4.78 is 40.9. The van der Waals surface area contributed by atoms with Crippen molar-refractivity contribution < 1.29 is 17.5 Å². The quantitative estimate of drug-likeness (QED) is 0.777. The summed E-state index contributed by atoms with van der Waals surface area (Å²) in [6, 6.07) is 6.79. The molecule has 0 amide bonds. The van der Waals surface area contributed by atoms with Crippen LogP contribution in [0.5, 0.6) is 11.6 Å². The standard InChI is InChI=1S/C11H6BrClFNO3S/c12-9-3-1-7(5-10(9)14)18-11-4-2-8(6-15-11)19(13,16)17/h1-6H. The second-order valence-corrected chi connectivity index (χ2v) is 6.87. The zero-order chi connectivity index (χ0) is 14.0. The highest BCUT2D eigenvalue weighted by Gasteiger charge is 2.10. The number of pyridine rings is 1. The molecule has 0 saturated heterocycles. The van der Waals surface area contributed by atoms with Crippen LogP contribution in [0.2, 0.25) is 0 Å². The van der Waals surface area contributed by atoms with E-state index in [9.17, 15) is 12.8 Å². The Bertz CT molecular complexity index is 706. The summed E-state index contributed by atoms with van der Waals surface area (Å²) in [4.78, 5) is 3.64. The Labute approximate surface area is 121 Å². The Morgan fingerprint density at radius 1 is 1.26 bits per heavy atom. The summed E-state index contributed by atoms with van der Waals surface area (Å²) >= 11 is 3.02. The van der Waals surface area contributed by atoms with Crippen LogP contribution in [-0.2, 0) is 9.05 Å². The topological polar surface area (TPSA) is 56.3 Å². The number of rotatable bonds is 3. The van der Waals surface area contributed by atoms with Crippen LogP contribution in [0.25, 0.3) is 0 Å². The molecule has 0 radical (unpaired) electrons. The first-order valence-corrected chi connectivity index (χ1v) is 8.00. The van der Waals surface area contributed by atoms with E-state index in [0.717, 1.165) is 6.20 Å². The van der Waals surface area contributed by atoms with Crippen LogP contribution in [0, 0.1) is 5.82 Å². The maximum Gasteiger partial charge on any atom is 0.262 e. The van der Waals surface area contributed by atoms with Gasteiger partial charge in [-0.15, -0.1) is 0 Å². The van der Waals surface area contributed by atoms with Crippen LogP contribution in [0.4, 0.5) is 4.39 Å². The summed E-state index contributed by atoms with van der Waals surface area (Å²) in [5, 5.41) is 0. The Balaban J connectivity index is 2.22. The lowest BCUT2D eigenvalue weighted by Crippen LogP contribution is -1.93. The third-order valence-electron chi connectivity index (χ3n) is 2.10. The Hall–Kier alpha value is -1.18. The second kappa shape index (κ2) is 5.44. The minimum atomic E-state index is -3.82. The molecule has 0 atom stereocenters. The van der Waals surface area contributed by atoms with Gasteiger partial charge in [0, 0.05) is 22.8 Å². The number of benzene rings is 1. The summed E-state index contributed by atoms with van der Waals surface area (Å²) in [6.45, 7) is 0. The first kappa shape index (κ1) is 14.2. The average Bonchev–Trinajstić information content (AvgIpc) is 2.33. The van der Waals surface area contributed by atoms with E-state index in [1.165, 1.54) is 24.3 Å². The van der Waals surface area contributed by atoms with E-state index in [2.05, 4.69) is 20.9 Å². The zero-order valence-electron chi connectivity index (χ0n) is 9.18. The summed E-state index contributed by atoms with van der Waals surface area (Å²) in [7, 11) is 1.33. The molecule has 1 aromatic carbocycles. The Morgan fingerprint density at radius 3 is 2.53 bits per heavy atom. The summed E-state index contributed by atoms with van der Waals surface area (Å²) in [5.41, 5.74) is 0. The van der Waals surface area contributed by atoms with Gasteiger partial charge in [-0.3, -0.25) is 0 Å². The van der Waals surface area contributed by atoms with Crippen LogP contribution in [-0.4, -0.2) is 13.4 Å². The number of ether oxygens (including phenoxy) is 1. The van der Waals surface area contributed by atoms with E-state index in [1.807, 2.05) is 0 Å². The van der Waals surface area contributed by atoms with Crippen molar-refractivity contribution in [2.24, 2.45) is 0 Å². The van der Waals surface area contributed by atoms with Crippen molar-refractivity contribution in [2.45, 2.75) is 4.90 Å². The lowest BCUT2D eigenvalue weighted by molar-refractivity contribution is 0.456. The molecule has 1 heterocycles. The average molecular weight is 367 g/mol. The lowest BCUT2D eigenvalue weighted by atomic mass is 10.3. The number of nitrogens with zero attached hydrogens (tertiary/aromatic N) is 1. The largest absolute Gasteiger partial charge is 0.439 e. The van der Waals surface area contributed by atoms with Crippen LogP contribution >= 0.6 is 26.6 Å². The van der Waals surface area contributed by atoms with Crippen LogP contribution in [0.1, 0.15) is 0 Å². The van der Waals surface area contributed by atoms with Crippen molar-refractivity contribution >= 4 is 35.7 Å². The van der Waals surface area contributed by atoms with E-state index >= 15 is 0 Å². The molecule has 0 bridgehead atoms. The molecular weight excluding hydrogens is 361 g/mol. The van der Waals surface area contributed by atoms with Gasteiger partial charge in [-0.1, -0.05) is 0 Å². The van der Waals surface area contributed by atoms with Crippen molar-refractivity contribution in [3.05, 3.63) is 46.8 Å². The van der Waals surface area contributed by atoms with E-state index in [0.29, 0.717) is 4.47 Å². The van der Waals surface area contributed by atoms with Gasteiger partial charge in [-0.05, 0) is 34.1 Å². The van der Waals surface area contributed by atoms with E-state index in [4.69, 9.17) is 15.4 Å². The fraction of sp³-hybridized carbons (Fsp3) is 0. The molecule has 0 spiro atoms. The van der Waals surface area contributed by atoms with Gasteiger partial charge >= 0.3 is 0 Å². The monoisotopic (exact) mass is 365 g/mol. The molecular formula is C11H6BrClFNO3S. The van der Waals surface area contributed by atoms with E-state index in [1.54, 1.807) is 6.07 Å². The second-order valence-electron chi connectivity index (χ2n) is 3.45. The number of hydrogen-bond donors (Lipinski definition) is 0. The van der Waals surface area contributed by atoms with Crippen LogP contribution in [0.3, 0.4) is 0 Å². The van der Waals surface area contributed by atoms with Crippen molar-refractivity contribution in [3.63, 3.8) is 0 Å². The summed E-state index contributed by atoms with van der Waals surface area (Å²) in [5.74, 6) is -0.0991. The fourth-order valence-corrected chi connectivity index (χ4v) is 2.16. The molecule has 4 nitrogen and oxygen atoms in total. The SMILES string of the molecule is O=S(=O)(Cl)c1ccc(Oc2ccc(Br)c(F)c2)nc1. The predicted molar refractivity (Wildman–Crippen MR) is 71.4 cm³/mol. The normalized spacial score (nSPS) is 11.3. The van der Waals surface area contributed by atoms with E-state index in [-0.39, 0.29) is 16.5 Å². The van der Waals surface area contributed by atoms with Crippen molar-refractivity contribution in [1.29, 1.82) is 0 Å². The molecule has 19 heavy (non-hydrogen) atoms. The highest BCUT2D eigenvalue weighted by atomic mass is 79.9. The molecule has 0 saturated carbocycles. The van der Waals surface area contributed by atoms with Gasteiger partial charge in [0.25, 0.3) is 9.05 Å². The first-order valence-electron chi connectivity index (χ1n) is 4.90. The van der Waals surface area contributed by atoms with Gasteiger partial charge in [-0.2, -0.15) is 0 Å². The van der Waals surface area contributed by atoms with Gasteiger partial charge in [0.2, 0.25) is 5.88 Å². The van der Waals surface area contributed by atoms with Crippen LogP contribution < -0.4 is 4.74 Å². The van der Waals surface area contributed by atoms with Crippen molar-refractivity contribution in [1.82, 2.24) is 4.98 Å². The third kappa shape index (κ3) is 3.65. The van der Waals surface area contributed by atoms with Crippen LogP contribution in [0.15, 0.2) is 45.9 Å². The molecule has 2 aromatic rings. The van der Waals surface area contributed by atoms with Crippen molar-refractivity contribution in [2.75, 3.05) is 0 Å². The third-order valence-corrected chi connectivity index (χ3v) is 4.09. The molecule has 100 valence electrons. The van der Waals surface area contributed by atoms with Gasteiger partial charge in [-0.25, -0.2) is 17.8 Å². The maximum absolute atomic E-state index is 13.3. The molecule has 2 rings (SSSR count).